The van der Waals surface area contributed by atoms with E-state index in [4.69, 9.17) is 5.73 Å². The van der Waals surface area contributed by atoms with Crippen LogP contribution >= 0.6 is 0 Å². The highest BCUT2D eigenvalue weighted by atomic mass is 19.3. The van der Waals surface area contributed by atoms with E-state index < -0.39 is 36.1 Å². The predicted molar refractivity (Wildman–Crippen MR) is 152 cm³/mol. The van der Waals surface area contributed by atoms with Crippen LogP contribution in [0.15, 0.2) is 24.4 Å². The maximum atomic E-state index is 13.2. The number of hydrogen-bond donors (Lipinski definition) is 3. The molecule has 5 rings (SSSR count). The van der Waals surface area contributed by atoms with Crippen LogP contribution in [0.4, 0.5) is 20.2 Å². The molecule has 3 heterocycles. The van der Waals surface area contributed by atoms with E-state index in [1.165, 1.54) is 6.42 Å². The third kappa shape index (κ3) is 6.32. The number of piperidine rings is 1. The first kappa shape index (κ1) is 29.7. The molecule has 1 aromatic carbocycles. The summed E-state index contributed by atoms with van der Waals surface area (Å²) in [4.78, 5) is 50.9. The van der Waals surface area contributed by atoms with Gasteiger partial charge in [0.15, 0.2) is 5.69 Å². The van der Waals surface area contributed by atoms with Crippen molar-refractivity contribution in [2.24, 2.45) is 5.92 Å². The van der Waals surface area contributed by atoms with Gasteiger partial charge in [0.05, 0.1) is 22.9 Å². The van der Waals surface area contributed by atoms with Crippen molar-refractivity contribution in [3.05, 3.63) is 41.2 Å². The fraction of sp³-hybridized carbons (Fsp3) is 0.567. The second-order valence-corrected chi connectivity index (χ2v) is 11.6. The lowest BCUT2D eigenvalue weighted by molar-refractivity contribution is -0.136. The number of unbranched alkanes of at least 4 members (excludes halogenated alkanes) is 4. The Kier molecular flexibility index (Phi) is 9.18. The highest BCUT2D eigenvalue weighted by molar-refractivity contribution is 6.25. The van der Waals surface area contributed by atoms with Gasteiger partial charge in [0.25, 0.3) is 18.2 Å². The van der Waals surface area contributed by atoms with Crippen molar-refractivity contribution in [2.45, 2.75) is 95.6 Å². The van der Waals surface area contributed by atoms with Crippen LogP contribution in [0.1, 0.15) is 116 Å². The van der Waals surface area contributed by atoms with Crippen molar-refractivity contribution in [3.63, 3.8) is 0 Å². The van der Waals surface area contributed by atoms with Gasteiger partial charge in [-0.1, -0.05) is 38.2 Å². The molecular weight excluding hydrogens is 546 g/mol. The van der Waals surface area contributed by atoms with Crippen LogP contribution in [0.5, 0.6) is 0 Å². The van der Waals surface area contributed by atoms with E-state index in [-0.39, 0.29) is 41.4 Å². The molecule has 1 saturated heterocycles. The molecule has 4 amide bonds. The molecule has 12 heteroatoms. The fourth-order valence-electron chi connectivity index (χ4n) is 6.45. The van der Waals surface area contributed by atoms with Gasteiger partial charge in [0.1, 0.15) is 6.04 Å². The molecule has 1 aromatic heterocycles. The minimum absolute atomic E-state index is 0.0648. The lowest BCUT2D eigenvalue weighted by Gasteiger charge is -2.28. The summed E-state index contributed by atoms with van der Waals surface area (Å²) in [7, 11) is 0. The van der Waals surface area contributed by atoms with Crippen LogP contribution in [-0.2, 0) is 9.59 Å². The van der Waals surface area contributed by atoms with Gasteiger partial charge in [-0.15, -0.1) is 0 Å². The number of benzene rings is 1. The third-order valence-electron chi connectivity index (χ3n) is 8.76. The zero-order valence-electron chi connectivity index (χ0n) is 23.6. The number of amides is 4. The minimum atomic E-state index is -2.65. The summed E-state index contributed by atoms with van der Waals surface area (Å²) in [6.07, 6.45) is 9.65. The van der Waals surface area contributed by atoms with Gasteiger partial charge < -0.3 is 11.1 Å². The smallest absolute Gasteiger partial charge is 0.284 e. The van der Waals surface area contributed by atoms with E-state index in [2.05, 4.69) is 15.7 Å². The van der Waals surface area contributed by atoms with E-state index in [0.717, 1.165) is 62.7 Å². The Morgan fingerprint density at radius 2 is 1.71 bits per heavy atom. The lowest BCUT2D eigenvalue weighted by Crippen LogP contribution is -2.54. The van der Waals surface area contributed by atoms with E-state index >= 15 is 0 Å². The Bertz CT molecular complexity index is 1340. The van der Waals surface area contributed by atoms with Crippen molar-refractivity contribution in [1.29, 1.82) is 0 Å². The van der Waals surface area contributed by atoms with Crippen molar-refractivity contribution in [1.82, 2.24) is 20.0 Å². The molecule has 0 spiro atoms. The largest absolute Gasteiger partial charge is 0.396 e. The average Bonchev–Trinajstić information content (AvgIpc) is 3.48. The number of nitrogen functional groups attached to an aromatic ring is 1. The minimum Gasteiger partial charge on any atom is -0.396 e. The highest BCUT2D eigenvalue weighted by Crippen LogP contribution is 2.36. The summed E-state index contributed by atoms with van der Waals surface area (Å²) in [5.41, 5.74) is 6.57. The first-order valence-electron chi connectivity index (χ1n) is 15.0. The van der Waals surface area contributed by atoms with Crippen molar-refractivity contribution in [2.75, 3.05) is 17.6 Å². The number of rotatable bonds is 12. The molecule has 4 N–H and O–H groups in total. The molecular formula is C30H38F2N6O4. The van der Waals surface area contributed by atoms with Crippen LogP contribution in [0.2, 0.25) is 0 Å². The first-order chi connectivity index (χ1) is 20.2. The van der Waals surface area contributed by atoms with Crippen LogP contribution < -0.4 is 16.4 Å². The van der Waals surface area contributed by atoms with Gasteiger partial charge in [-0.2, -0.15) is 5.10 Å². The number of nitrogens with two attached hydrogens (primary N) is 1. The van der Waals surface area contributed by atoms with E-state index in [9.17, 15) is 28.0 Å². The summed E-state index contributed by atoms with van der Waals surface area (Å²) in [6.45, 7) is 0.658. The molecule has 2 aromatic rings. The number of fused-ring (bicyclic) bond motifs is 1. The summed E-state index contributed by atoms with van der Waals surface area (Å²) >= 11 is 0. The molecule has 0 bridgehead atoms. The lowest BCUT2D eigenvalue weighted by atomic mass is 9.83. The number of halogens is 2. The molecule has 0 radical (unpaired) electrons. The SMILES string of the molecule is Nc1cn(C2CCC(CCCCCCCNc3cccc4c3C(=O)N(C3CCC(=O)NC3=O)C4=O)CC2)nc1C(F)F. The molecule has 1 aliphatic carbocycles. The fourth-order valence-corrected chi connectivity index (χ4v) is 6.45. The second kappa shape index (κ2) is 13.0. The van der Waals surface area contributed by atoms with Gasteiger partial charge in [0.2, 0.25) is 11.8 Å². The van der Waals surface area contributed by atoms with Gasteiger partial charge in [0, 0.05) is 24.8 Å². The van der Waals surface area contributed by atoms with Crippen molar-refractivity contribution < 1.29 is 28.0 Å². The van der Waals surface area contributed by atoms with Crippen LogP contribution in [0.3, 0.4) is 0 Å². The van der Waals surface area contributed by atoms with E-state index in [1.807, 2.05) is 0 Å². The van der Waals surface area contributed by atoms with Gasteiger partial charge in [-0.25, -0.2) is 8.78 Å². The van der Waals surface area contributed by atoms with Gasteiger partial charge in [-0.05, 0) is 56.6 Å². The van der Waals surface area contributed by atoms with Crippen LogP contribution in [-0.4, -0.2) is 50.9 Å². The monoisotopic (exact) mass is 584 g/mol. The highest BCUT2D eigenvalue weighted by Gasteiger charge is 2.45. The molecule has 1 atom stereocenters. The average molecular weight is 585 g/mol. The molecule has 1 unspecified atom stereocenters. The Morgan fingerprint density at radius 1 is 0.976 bits per heavy atom. The Balaban J connectivity index is 0.991. The second-order valence-electron chi connectivity index (χ2n) is 11.6. The molecule has 2 aliphatic heterocycles. The summed E-state index contributed by atoms with van der Waals surface area (Å²) < 4.78 is 27.6. The van der Waals surface area contributed by atoms with E-state index in [1.54, 1.807) is 29.1 Å². The first-order valence-corrected chi connectivity index (χ1v) is 15.0. The quantitative estimate of drug-likeness (QED) is 0.236. The molecule has 3 aliphatic rings. The number of aromatic nitrogens is 2. The number of nitrogens with one attached hydrogen (secondary N) is 2. The zero-order chi connectivity index (χ0) is 29.8. The van der Waals surface area contributed by atoms with Crippen molar-refractivity contribution >= 4 is 35.0 Å². The maximum absolute atomic E-state index is 13.2. The molecule has 42 heavy (non-hydrogen) atoms. The number of anilines is 2. The molecule has 10 nitrogen and oxygen atoms in total. The number of carbonyl (C=O) groups is 4. The number of nitrogens with zero attached hydrogens (tertiary/aromatic N) is 3. The number of alkyl halides is 2. The van der Waals surface area contributed by atoms with E-state index in [0.29, 0.717) is 18.2 Å². The van der Waals surface area contributed by atoms with Crippen molar-refractivity contribution in [3.8, 4) is 0 Å². The number of carbonyl (C=O) groups excluding carboxylic acids is 4. The van der Waals surface area contributed by atoms with Gasteiger partial charge >= 0.3 is 0 Å². The van der Waals surface area contributed by atoms with Crippen LogP contribution in [0.25, 0.3) is 0 Å². The third-order valence-corrected chi connectivity index (χ3v) is 8.76. The molecule has 2 fully saturated rings. The Labute approximate surface area is 243 Å². The van der Waals surface area contributed by atoms with Gasteiger partial charge in [-0.3, -0.25) is 34.1 Å². The number of imide groups is 2. The predicted octanol–water partition coefficient (Wildman–Crippen LogP) is 4.99. The summed E-state index contributed by atoms with van der Waals surface area (Å²) in [6, 6.07) is 4.25. The normalized spacial score (nSPS) is 22.5. The summed E-state index contributed by atoms with van der Waals surface area (Å²) in [5.74, 6) is -1.37. The van der Waals surface area contributed by atoms with Crippen LogP contribution in [0, 0.1) is 5.92 Å². The Hall–Kier alpha value is -3.83. The Morgan fingerprint density at radius 3 is 2.43 bits per heavy atom. The molecule has 226 valence electrons. The standard InChI is InChI=1S/C30H38F2N6O4/c31-27(32)26-21(33)17-37(36-26)19-12-10-18(11-13-19)7-4-2-1-3-5-16-34-22-9-6-8-20-25(22)30(42)38(29(20)41)23-14-15-24(39)35-28(23)40/h6,8-9,17-19,23,27,34H,1-5,7,10-16,33H2,(H,35,39,40). The maximum Gasteiger partial charge on any atom is 0.284 e. The number of hydrogen-bond acceptors (Lipinski definition) is 7. The topological polar surface area (TPSA) is 139 Å². The zero-order valence-corrected chi connectivity index (χ0v) is 23.6. The molecule has 1 saturated carbocycles. The summed E-state index contributed by atoms with van der Waals surface area (Å²) in [5, 5.41) is 9.53.